The number of carbonyl (C=O) groups is 1. The third-order valence-electron chi connectivity index (χ3n) is 5.35. The molecule has 0 radical (unpaired) electrons. The molecule has 1 aromatic heterocycles. The van der Waals surface area contributed by atoms with E-state index in [0.717, 1.165) is 10.1 Å². The van der Waals surface area contributed by atoms with E-state index in [1.54, 1.807) is 42.5 Å². The second kappa shape index (κ2) is 9.99. The predicted octanol–water partition coefficient (Wildman–Crippen LogP) is 2.92. The van der Waals surface area contributed by atoms with Crippen LogP contribution in [-0.4, -0.2) is 15.0 Å². The molecule has 7 nitrogen and oxygen atoms in total. The van der Waals surface area contributed by atoms with Gasteiger partial charge in [-0.25, -0.2) is 9.18 Å². The number of amides is 1. The predicted molar refractivity (Wildman–Crippen MR) is 125 cm³/mol. The van der Waals surface area contributed by atoms with Crippen molar-refractivity contribution in [3.8, 4) is 5.75 Å². The topological polar surface area (TPSA) is 96.3 Å². The molecule has 4 rings (SSSR count). The lowest BCUT2D eigenvalue weighted by Gasteiger charge is -2.12. The number of nitrogens with two attached hydrogens (primary N) is 1. The Morgan fingerprint density at radius 2 is 1.50 bits per heavy atom. The highest BCUT2D eigenvalue weighted by Gasteiger charge is 2.09. The van der Waals surface area contributed by atoms with E-state index in [9.17, 15) is 18.8 Å². The highest BCUT2D eigenvalue weighted by atomic mass is 19.1. The molecule has 0 saturated carbocycles. The molecule has 0 atom stereocenters. The highest BCUT2D eigenvalue weighted by Crippen LogP contribution is 2.16. The number of benzene rings is 3. The molecule has 0 saturated heterocycles. The van der Waals surface area contributed by atoms with Crippen molar-refractivity contribution >= 4 is 5.91 Å². The Balaban J connectivity index is 1.46. The van der Waals surface area contributed by atoms with Gasteiger partial charge in [0.2, 0.25) is 5.91 Å². The Hall–Kier alpha value is -4.46. The van der Waals surface area contributed by atoms with Gasteiger partial charge in [0, 0.05) is 23.4 Å². The molecular weight excluding hydrogens is 437 g/mol. The molecule has 8 heteroatoms. The molecule has 172 valence electrons. The molecule has 3 aromatic carbocycles. The van der Waals surface area contributed by atoms with Crippen LogP contribution in [0.2, 0.25) is 0 Å². The Morgan fingerprint density at radius 1 is 0.853 bits per heavy atom. The normalized spacial score (nSPS) is 10.7. The van der Waals surface area contributed by atoms with Gasteiger partial charge in [0.05, 0.1) is 13.1 Å². The smallest absolute Gasteiger partial charge is 0.331 e. The summed E-state index contributed by atoms with van der Waals surface area (Å²) in [6, 6.07) is 21.1. The fourth-order valence-electron chi connectivity index (χ4n) is 3.53. The van der Waals surface area contributed by atoms with Gasteiger partial charge in [0.25, 0.3) is 5.56 Å². The minimum Gasteiger partial charge on any atom is -0.489 e. The third kappa shape index (κ3) is 5.29. The van der Waals surface area contributed by atoms with Gasteiger partial charge in [-0.3, -0.25) is 18.7 Å². The average molecular weight is 459 g/mol. The van der Waals surface area contributed by atoms with Crippen LogP contribution in [0.25, 0.3) is 0 Å². The Kier molecular flexibility index (Phi) is 6.68. The van der Waals surface area contributed by atoms with E-state index in [1.165, 1.54) is 29.0 Å². The van der Waals surface area contributed by atoms with Gasteiger partial charge in [0.1, 0.15) is 18.2 Å². The molecule has 0 aliphatic carbocycles. The monoisotopic (exact) mass is 459 g/mol. The minimum atomic E-state index is -0.513. The van der Waals surface area contributed by atoms with Crippen molar-refractivity contribution < 1.29 is 13.9 Å². The number of hydrogen-bond donors (Lipinski definition) is 1. The van der Waals surface area contributed by atoms with Crippen LogP contribution in [-0.2, 0) is 19.7 Å². The lowest BCUT2D eigenvalue weighted by molar-refractivity contribution is 0.0998. The third-order valence-corrected chi connectivity index (χ3v) is 5.35. The first-order valence-electron chi connectivity index (χ1n) is 10.5. The van der Waals surface area contributed by atoms with Crippen LogP contribution in [0.15, 0.2) is 94.6 Å². The number of halogens is 1. The van der Waals surface area contributed by atoms with Crippen LogP contribution < -0.4 is 21.7 Å². The molecule has 34 heavy (non-hydrogen) atoms. The molecule has 2 N–H and O–H groups in total. The van der Waals surface area contributed by atoms with E-state index in [1.807, 2.05) is 18.2 Å². The number of carbonyl (C=O) groups excluding carboxylic acids is 1. The standard InChI is InChI=1S/C26H22FN3O4/c27-21-9-5-19(6-10-21)16-30-24(31)13-14-29(26(30)33)15-18-7-11-22(12-8-18)34-17-20-3-1-2-4-23(20)25(28)32/h1-14H,15-17H2,(H2,28,32). The van der Waals surface area contributed by atoms with Crippen LogP contribution in [0.3, 0.4) is 0 Å². The summed E-state index contributed by atoms with van der Waals surface area (Å²) < 4.78 is 21.5. The van der Waals surface area contributed by atoms with Crippen LogP contribution in [0.1, 0.15) is 27.0 Å². The first-order chi connectivity index (χ1) is 16.4. The van der Waals surface area contributed by atoms with Crippen molar-refractivity contribution in [2.75, 3.05) is 0 Å². The second-order valence-corrected chi connectivity index (χ2v) is 7.73. The summed E-state index contributed by atoms with van der Waals surface area (Å²) in [7, 11) is 0. The maximum atomic E-state index is 13.1. The van der Waals surface area contributed by atoms with E-state index in [2.05, 4.69) is 0 Å². The number of ether oxygens (including phenoxy) is 1. The molecular formula is C26H22FN3O4. The summed E-state index contributed by atoms with van der Waals surface area (Å²) in [5, 5.41) is 0. The van der Waals surface area contributed by atoms with Gasteiger partial charge in [0.15, 0.2) is 0 Å². The van der Waals surface area contributed by atoms with Crippen LogP contribution in [0, 0.1) is 5.82 Å². The first-order valence-corrected chi connectivity index (χ1v) is 10.5. The molecule has 0 unspecified atom stereocenters. The van der Waals surface area contributed by atoms with Gasteiger partial charge in [-0.15, -0.1) is 0 Å². The van der Waals surface area contributed by atoms with Crippen molar-refractivity contribution in [3.05, 3.63) is 134 Å². The van der Waals surface area contributed by atoms with Gasteiger partial charge in [-0.2, -0.15) is 0 Å². The zero-order valence-corrected chi connectivity index (χ0v) is 18.2. The summed E-state index contributed by atoms with van der Waals surface area (Å²) in [6.45, 7) is 0.498. The van der Waals surface area contributed by atoms with Crippen molar-refractivity contribution in [2.45, 2.75) is 19.7 Å². The molecule has 0 aliphatic heterocycles. The van der Waals surface area contributed by atoms with E-state index in [4.69, 9.17) is 10.5 Å². The van der Waals surface area contributed by atoms with Crippen molar-refractivity contribution in [2.24, 2.45) is 5.73 Å². The second-order valence-electron chi connectivity index (χ2n) is 7.73. The van der Waals surface area contributed by atoms with Gasteiger partial charge in [-0.05, 0) is 41.5 Å². The van der Waals surface area contributed by atoms with E-state index < -0.39 is 17.2 Å². The number of primary amides is 1. The van der Waals surface area contributed by atoms with E-state index >= 15 is 0 Å². The van der Waals surface area contributed by atoms with Crippen LogP contribution >= 0.6 is 0 Å². The zero-order chi connectivity index (χ0) is 24.1. The lowest BCUT2D eigenvalue weighted by atomic mass is 10.1. The number of rotatable bonds is 8. The highest BCUT2D eigenvalue weighted by molar-refractivity contribution is 5.94. The summed E-state index contributed by atoms with van der Waals surface area (Å²) in [5.74, 6) is -0.302. The Labute approximate surface area is 194 Å². The summed E-state index contributed by atoms with van der Waals surface area (Å²) in [5.41, 5.74) is 7.10. The van der Waals surface area contributed by atoms with Crippen LogP contribution in [0.4, 0.5) is 4.39 Å². The summed E-state index contributed by atoms with van der Waals surface area (Å²) >= 11 is 0. The fourth-order valence-corrected chi connectivity index (χ4v) is 3.53. The summed E-state index contributed by atoms with van der Waals surface area (Å²) in [4.78, 5) is 36.7. The minimum absolute atomic E-state index is 0.0539. The van der Waals surface area contributed by atoms with Gasteiger partial charge in [-0.1, -0.05) is 42.5 Å². The fraction of sp³-hybridized carbons (Fsp3) is 0.115. The Morgan fingerprint density at radius 3 is 2.21 bits per heavy atom. The maximum Gasteiger partial charge on any atom is 0.331 e. The van der Waals surface area contributed by atoms with Gasteiger partial charge >= 0.3 is 5.69 Å². The number of aromatic nitrogens is 2. The summed E-state index contributed by atoms with van der Waals surface area (Å²) in [6.07, 6.45) is 1.46. The van der Waals surface area contributed by atoms with Crippen LogP contribution in [0.5, 0.6) is 5.75 Å². The molecule has 0 bridgehead atoms. The first kappa shape index (κ1) is 22.7. The number of hydrogen-bond acceptors (Lipinski definition) is 4. The Bertz CT molecular complexity index is 1420. The maximum absolute atomic E-state index is 13.1. The zero-order valence-electron chi connectivity index (χ0n) is 18.2. The number of nitrogens with zero attached hydrogens (tertiary/aromatic N) is 2. The van der Waals surface area contributed by atoms with Crippen molar-refractivity contribution in [3.63, 3.8) is 0 Å². The molecule has 0 spiro atoms. The molecule has 1 amide bonds. The molecule has 0 aliphatic rings. The van der Waals surface area contributed by atoms with E-state index in [0.29, 0.717) is 22.4 Å². The largest absolute Gasteiger partial charge is 0.489 e. The lowest BCUT2D eigenvalue weighted by Crippen LogP contribution is -2.39. The molecule has 0 fully saturated rings. The van der Waals surface area contributed by atoms with Crippen molar-refractivity contribution in [1.29, 1.82) is 0 Å². The quantitative estimate of drug-likeness (QED) is 0.438. The van der Waals surface area contributed by atoms with Gasteiger partial charge < -0.3 is 10.5 Å². The SMILES string of the molecule is NC(=O)c1ccccc1COc1ccc(Cn2ccc(=O)n(Cc3ccc(F)cc3)c2=O)cc1. The average Bonchev–Trinajstić information content (AvgIpc) is 2.84. The molecule has 4 aromatic rings. The van der Waals surface area contributed by atoms with Crippen molar-refractivity contribution in [1.82, 2.24) is 9.13 Å². The van der Waals surface area contributed by atoms with E-state index in [-0.39, 0.29) is 25.5 Å². The molecule has 1 heterocycles.